The average molecular weight is 324 g/mol. The van der Waals surface area contributed by atoms with Gasteiger partial charge in [0.25, 0.3) is 15.0 Å². The minimum Gasteiger partial charge on any atom is -0.377 e. The maximum Gasteiger partial charge on any atom is 0.261 e. The van der Waals surface area contributed by atoms with Crippen LogP contribution in [0.25, 0.3) is 0 Å². The zero-order chi connectivity index (χ0) is 15.3. The van der Waals surface area contributed by atoms with Crippen LogP contribution in [0, 0.1) is 5.82 Å². The number of carbonyl (C=O) groups excluding carboxylic acids is 1. The van der Waals surface area contributed by atoms with Gasteiger partial charge in [-0.05, 0) is 32.0 Å². The zero-order valence-corrected chi connectivity index (χ0v) is 12.6. The maximum absolute atomic E-state index is 13.3. The molecular weight excluding hydrogens is 309 g/mol. The van der Waals surface area contributed by atoms with E-state index in [2.05, 4.69) is 5.32 Å². The standard InChI is InChI=1S/C12H15ClFNO4S/c1-3-19-8(2)7-15-12(16)9-4-10(14)6-11(5-9)20(13,17)18/h4-6,8H,3,7H2,1-2H3,(H,15,16). The van der Waals surface area contributed by atoms with E-state index in [0.717, 1.165) is 18.2 Å². The van der Waals surface area contributed by atoms with Crippen molar-refractivity contribution >= 4 is 25.6 Å². The topological polar surface area (TPSA) is 72.5 Å². The molecule has 20 heavy (non-hydrogen) atoms. The molecule has 0 aliphatic heterocycles. The molecule has 0 fully saturated rings. The van der Waals surface area contributed by atoms with Gasteiger partial charge in [0.15, 0.2) is 0 Å². The molecule has 0 saturated carbocycles. The van der Waals surface area contributed by atoms with Crippen LogP contribution in [0.1, 0.15) is 24.2 Å². The Labute approximate surface area is 121 Å². The van der Waals surface area contributed by atoms with Crippen molar-refractivity contribution in [1.82, 2.24) is 5.32 Å². The smallest absolute Gasteiger partial charge is 0.261 e. The van der Waals surface area contributed by atoms with Crippen molar-refractivity contribution in [3.63, 3.8) is 0 Å². The molecule has 8 heteroatoms. The molecule has 1 atom stereocenters. The van der Waals surface area contributed by atoms with Gasteiger partial charge in [-0.25, -0.2) is 12.8 Å². The second kappa shape index (κ2) is 7.01. The average Bonchev–Trinajstić information content (AvgIpc) is 2.34. The molecule has 0 radical (unpaired) electrons. The number of benzene rings is 1. The van der Waals surface area contributed by atoms with Crippen molar-refractivity contribution < 1.29 is 22.3 Å². The Balaban J connectivity index is 2.86. The Morgan fingerprint density at radius 3 is 2.65 bits per heavy atom. The van der Waals surface area contributed by atoms with E-state index < -0.39 is 25.7 Å². The zero-order valence-electron chi connectivity index (χ0n) is 11.0. The lowest BCUT2D eigenvalue weighted by Gasteiger charge is -2.12. The van der Waals surface area contributed by atoms with Gasteiger partial charge in [0.2, 0.25) is 0 Å². The van der Waals surface area contributed by atoms with E-state index in [1.807, 2.05) is 6.92 Å². The highest BCUT2D eigenvalue weighted by atomic mass is 35.7. The monoisotopic (exact) mass is 323 g/mol. The highest BCUT2D eigenvalue weighted by Gasteiger charge is 2.16. The molecule has 1 aromatic rings. The second-order valence-corrected chi connectivity index (χ2v) is 6.66. The predicted octanol–water partition coefficient (Wildman–Crippen LogP) is 1.91. The summed E-state index contributed by atoms with van der Waals surface area (Å²) in [6.45, 7) is 4.32. The quantitative estimate of drug-likeness (QED) is 0.812. The first kappa shape index (κ1) is 16.9. The molecule has 1 amide bonds. The fourth-order valence-electron chi connectivity index (χ4n) is 1.52. The van der Waals surface area contributed by atoms with Crippen LogP contribution in [0.15, 0.2) is 23.1 Å². The third kappa shape index (κ3) is 5.07. The van der Waals surface area contributed by atoms with Gasteiger partial charge in [-0.1, -0.05) is 0 Å². The molecule has 0 aromatic heterocycles. The van der Waals surface area contributed by atoms with Gasteiger partial charge in [0.05, 0.1) is 11.0 Å². The Hall–Kier alpha value is -1.18. The first-order chi connectivity index (χ1) is 9.24. The summed E-state index contributed by atoms with van der Waals surface area (Å²) in [4.78, 5) is 11.4. The minimum atomic E-state index is -4.09. The molecule has 0 bridgehead atoms. The summed E-state index contributed by atoms with van der Waals surface area (Å²) >= 11 is 0. The summed E-state index contributed by atoms with van der Waals surface area (Å²) in [7, 11) is 1.04. The van der Waals surface area contributed by atoms with Crippen molar-refractivity contribution in [3.8, 4) is 0 Å². The number of ether oxygens (including phenoxy) is 1. The van der Waals surface area contributed by atoms with E-state index in [0.29, 0.717) is 6.61 Å². The highest BCUT2D eigenvalue weighted by molar-refractivity contribution is 8.13. The fraction of sp³-hybridized carbons (Fsp3) is 0.417. The normalized spacial score (nSPS) is 13.0. The molecule has 0 aliphatic rings. The van der Waals surface area contributed by atoms with Gasteiger partial charge in [0, 0.05) is 29.4 Å². The number of halogens is 2. The van der Waals surface area contributed by atoms with Gasteiger partial charge >= 0.3 is 0 Å². The predicted molar refractivity (Wildman–Crippen MR) is 72.9 cm³/mol. The van der Waals surface area contributed by atoms with Crippen molar-refractivity contribution in [2.24, 2.45) is 0 Å². The molecule has 1 rings (SSSR count). The van der Waals surface area contributed by atoms with Crippen LogP contribution in [-0.4, -0.2) is 33.6 Å². The molecule has 5 nitrogen and oxygen atoms in total. The molecular formula is C12H15ClFNO4S. The fourth-order valence-corrected chi connectivity index (χ4v) is 2.30. The van der Waals surface area contributed by atoms with Crippen LogP contribution in [-0.2, 0) is 13.8 Å². The third-order valence-corrected chi connectivity index (χ3v) is 3.75. The van der Waals surface area contributed by atoms with Crippen LogP contribution in [0.3, 0.4) is 0 Å². The third-order valence-electron chi connectivity index (χ3n) is 2.42. The number of hydrogen-bond acceptors (Lipinski definition) is 4. The van der Waals surface area contributed by atoms with E-state index in [1.165, 1.54) is 0 Å². The number of amides is 1. The molecule has 1 N–H and O–H groups in total. The molecule has 112 valence electrons. The van der Waals surface area contributed by atoms with Crippen molar-refractivity contribution in [2.75, 3.05) is 13.2 Å². The molecule has 1 aromatic carbocycles. The summed E-state index contributed by atoms with van der Waals surface area (Å²) in [6, 6.07) is 2.71. The summed E-state index contributed by atoms with van der Waals surface area (Å²) in [5.41, 5.74) is -0.118. The molecule has 0 saturated heterocycles. The van der Waals surface area contributed by atoms with Crippen molar-refractivity contribution in [1.29, 1.82) is 0 Å². The first-order valence-electron chi connectivity index (χ1n) is 5.89. The van der Waals surface area contributed by atoms with Gasteiger partial charge in [-0.2, -0.15) is 0 Å². The van der Waals surface area contributed by atoms with E-state index in [9.17, 15) is 17.6 Å². The minimum absolute atomic E-state index is 0.118. The largest absolute Gasteiger partial charge is 0.377 e. The van der Waals surface area contributed by atoms with E-state index >= 15 is 0 Å². The van der Waals surface area contributed by atoms with Crippen LogP contribution in [0.4, 0.5) is 4.39 Å². The molecule has 0 spiro atoms. The van der Waals surface area contributed by atoms with Crippen LogP contribution < -0.4 is 5.32 Å². The van der Waals surface area contributed by atoms with E-state index in [-0.39, 0.29) is 18.2 Å². The highest BCUT2D eigenvalue weighted by Crippen LogP contribution is 2.18. The number of nitrogens with one attached hydrogen (secondary N) is 1. The van der Waals surface area contributed by atoms with Gasteiger partial charge in [-0.3, -0.25) is 4.79 Å². The Kier molecular flexibility index (Phi) is 5.91. The van der Waals surface area contributed by atoms with Crippen LogP contribution in [0.2, 0.25) is 0 Å². The molecule has 1 unspecified atom stereocenters. The number of rotatable bonds is 6. The number of carbonyl (C=O) groups is 1. The van der Waals surface area contributed by atoms with Gasteiger partial charge < -0.3 is 10.1 Å². The molecule has 0 heterocycles. The van der Waals surface area contributed by atoms with Gasteiger partial charge in [-0.15, -0.1) is 0 Å². The Morgan fingerprint density at radius 1 is 1.45 bits per heavy atom. The van der Waals surface area contributed by atoms with Crippen molar-refractivity contribution in [2.45, 2.75) is 24.8 Å². The summed E-state index contributed by atoms with van der Waals surface area (Å²) < 4.78 is 40.9. The van der Waals surface area contributed by atoms with E-state index in [1.54, 1.807) is 6.92 Å². The lowest BCUT2D eigenvalue weighted by molar-refractivity contribution is 0.0695. The molecule has 0 aliphatic carbocycles. The number of hydrogen-bond donors (Lipinski definition) is 1. The summed E-state index contributed by atoms with van der Waals surface area (Å²) in [5.74, 6) is -1.45. The lowest BCUT2D eigenvalue weighted by atomic mass is 10.2. The SMILES string of the molecule is CCOC(C)CNC(=O)c1cc(F)cc(S(=O)(=O)Cl)c1. The maximum atomic E-state index is 13.3. The van der Waals surface area contributed by atoms with Crippen LogP contribution >= 0.6 is 10.7 Å². The Bertz CT molecular complexity index is 591. The Morgan fingerprint density at radius 2 is 2.10 bits per heavy atom. The van der Waals surface area contributed by atoms with Gasteiger partial charge in [0.1, 0.15) is 5.82 Å². The first-order valence-corrected chi connectivity index (χ1v) is 8.20. The summed E-state index contributed by atoms with van der Waals surface area (Å²) in [5, 5.41) is 2.52. The second-order valence-electron chi connectivity index (χ2n) is 4.09. The van der Waals surface area contributed by atoms with Crippen LogP contribution in [0.5, 0.6) is 0 Å². The van der Waals surface area contributed by atoms with E-state index in [4.69, 9.17) is 15.4 Å². The van der Waals surface area contributed by atoms with Crippen molar-refractivity contribution in [3.05, 3.63) is 29.6 Å². The lowest BCUT2D eigenvalue weighted by Crippen LogP contribution is -2.32. The summed E-state index contributed by atoms with van der Waals surface area (Å²) in [6.07, 6.45) is -0.200.